The summed E-state index contributed by atoms with van der Waals surface area (Å²) >= 11 is 0. The molecule has 1 aliphatic heterocycles. The van der Waals surface area contributed by atoms with Crippen LogP contribution in [0.15, 0.2) is 30.9 Å². The molecule has 0 saturated carbocycles. The molecule has 0 spiro atoms. The maximum atomic E-state index is 11.7. The number of benzene rings is 1. The fourth-order valence-corrected chi connectivity index (χ4v) is 1.77. The quantitative estimate of drug-likeness (QED) is 0.786. The van der Waals surface area contributed by atoms with Crippen LogP contribution in [0.25, 0.3) is 0 Å². The molecule has 0 saturated heterocycles. The highest BCUT2D eigenvalue weighted by Crippen LogP contribution is 2.25. The summed E-state index contributed by atoms with van der Waals surface area (Å²) in [5.74, 6) is 0.847. The van der Waals surface area contributed by atoms with E-state index in [-0.39, 0.29) is 5.91 Å². The second kappa shape index (κ2) is 4.84. The molecule has 0 bridgehead atoms. The van der Waals surface area contributed by atoms with Gasteiger partial charge in [-0.2, -0.15) is 0 Å². The first-order valence-corrected chi connectivity index (χ1v) is 5.46. The van der Waals surface area contributed by atoms with Crippen LogP contribution in [-0.2, 0) is 6.42 Å². The maximum absolute atomic E-state index is 11.7. The van der Waals surface area contributed by atoms with Gasteiger partial charge in [-0.25, -0.2) is 0 Å². The zero-order valence-corrected chi connectivity index (χ0v) is 9.16. The smallest absolute Gasteiger partial charge is 0.251 e. The summed E-state index contributed by atoms with van der Waals surface area (Å²) in [6.45, 7) is 4.83. The second-order valence-corrected chi connectivity index (χ2v) is 3.77. The average Bonchev–Trinajstić information content (AvgIpc) is 2.35. The Labute approximate surface area is 95.1 Å². The normalized spacial score (nSPS) is 13.5. The summed E-state index contributed by atoms with van der Waals surface area (Å²) in [6.07, 6.45) is 3.67. The molecule has 1 N–H and O–H groups in total. The summed E-state index contributed by atoms with van der Waals surface area (Å²) < 4.78 is 5.49. The lowest BCUT2D eigenvalue weighted by molar-refractivity contribution is 0.0958. The van der Waals surface area contributed by atoms with Crippen LogP contribution in [0.3, 0.4) is 0 Å². The third kappa shape index (κ3) is 2.24. The molecule has 16 heavy (non-hydrogen) atoms. The minimum atomic E-state index is -0.0618. The van der Waals surface area contributed by atoms with E-state index in [9.17, 15) is 4.79 Å². The van der Waals surface area contributed by atoms with E-state index in [2.05, 4.69) is 11.9 Å². The van der Waals surface area contributed by atoms with E-state index in [1.807, 2.05) is 12.1 Å². The molecule has 0 atom stereocenters. The summed E-state index contributed by atoms with van der Waals surface area (Å²) in [6, 6.07) is 5.58. The molecule has 0 radical (unpaired) electrons. The van der Waals surface area contributed by atoms with Gasteiger partial charge in [0.05, 0.1) is 6.61 Å². The van der Waals surface area contributed by atoms with Crippen molar-refractivity contribution in [3.8, 4) is 5.75 Å². The van der Waals surface area contributed by atoms with Gasteiger partial charge < -0.3 is 10.1 Å². The van der Waals surface area contributed by atoms with Crippen molar-refractivity contribution in [3.05, 3.63) is 42.0 Å². The Bertz CT molecular complexity index is 412. The van der Waals surface area contributed by atoms with Gasteiger partial charge in [0.15, 0.2) is 0 Å². The predicted molar refractivity (Wildman–Crippen MR) is 62.8 cm³/mol. The zero-order chi connectivity index (χ0) is 11.4. The van der Waals surface area contributed by atoms with E-state index in [1.54, 1.807) is 12.1 Å². The van der Waals surface area contributed by atoms with Crippen LogP contribution in [0, 0.1) is 0 Å². The molecule has 1 heterocycles. The molecule has 1 aliphatic rings. The molecular formula is C13H15NO2. The molecule has 0 unspecified atom stereocenters. The van der Waals surface area contributed by atoms with Crippen LogP contribution in [0.5, 0.6) is 5.75 Å². The highest BCUT2D eigenvalue weighted by molar-refractivity contribution is 5.94. The third-order valence-electron chi connectivity index (χ3n) is 2.58. The monoisotopic (exact) mass is 217 g/mol. The van der Waals surface area contributed by atoms with Gasteiger partial charge in [0, 0.05) is 12.1 Å². The Morgan fingerprint density at radius 2 is 2.44 bits per heavy atom. The van der Waals surface area contributed by atoms with E-state index >= 15 is 0 Å². The Hall–Kier alpha value is -1.77. The van der Waals surface area contributed by atoms with Crippen molar-refractivity contribution in [1.29, 1.82) is 0 Å². The van der Waals surface area contributed by atoms with Gasteiger partial charge >= 0.3 is 0 Å². The highest BCUT2D eigenvalue weighted by Gasteiger charge is 2.13. The first-order chi connectivity index (χ1) is 7.81. The summed E-state index contributed by atoms with van der Waals surface area (Å²) in [7, 11) is 0. The fraction of sp³-hybridized carbons (Fsp3) is 0.308. The number of nitrogens with one attached hydrogen (secondary N) is 1. The molecule has 3 nitrogen and oxygen atoms in total. The van der Waals surface area contributed by atoms with Gasteiger partial charge in [-0.05, 0) is 36.6 Å². The molecule has 2 rings (SSSR count). The van der Waals surface area contributed by atoms with Crippen LogP contribution in [-0.4, -0.2) is 19.1 Å². The van der Waals surface area contributed by atoms with Crippen molar-refractivity contribution in [2.45, 2.75) is 12.8 Å². The van der Waals surface area contributed by atoms with E-state index in [4.69, 9.17) is 4.74 Å². The third-order valence-corrected chi connectivity index (χ3v) is 2.58. The standard InChI is InChI=1S/C13H15NO2/c1-2-7-14-13(15)11-5-6-12-10(9-11)4-3-8-16-12/h2,5-6,9H,1,3-4,7-8H2,(H,14,15). The molecule has 84 valence electrons. The number of fused-ring (bicyclic) bond motifs is 1. The Morgan fingerprint density at radius 1 is 1.56 bits per heavy atom. The lowest BCUT2D eigenvalue weighted by Gasteiger charge is -2.17. The minimum Gasteiger partial charge on any atom is -0.493 e. The number of carbonyl (C=O) groups excluding carboxylic acids is 1. The highest BCUT2D eigenvalue weighted by atomic mass is 16.5. The van der Waals surface area contributed by atoms with E-state index in [0.29, 0.717) is 12.1 Å². The van der Waals surface area contributed by atoms with Crippen molar-refractivity contribution in [3.63, 3.8) is 0 Å². The van der Waals surface area contributed by atoms with Gasteiger partial charge in [0.1, 0.15) is 5.75 Å². The molecule has 1 aromatic carbocycles. The summed E-state index contributed by atoms with van der Waals surface area (Å²) in [4.78, 5) is 11.7. The van der Waals surface area contributed by atoms with E-state index in [1.165, 1.54) is 0 Å². The van der Waals surface area contributed by atoms with Crippen LogP contribution in [0.1, 0.15) is 22.3 Å². The lowest BCUT2D eigenvalue weighted by Crippen LogP contribution is -2.23. The molecule has 1 amide bonds. The number of ether oxygens (including phenoxy) is 1. The summed E-state index contributed by atoms with van der Waals surface area (Å²) in [5, 5.41) is 2.76. The van der Waals surface area contributed by atoms with E-state index < -0.39 is 0 Å². The first kappa shape index (κ1) is 10.7. The molecule has 0 aliphatic carbocycles. The van der Waals surface area contributed by atoms with Gasteiger partial charge in [-0.3, -0.25) is 4.79 Å². The van der Waals surface area contributed by atoms with Crippen molar-refractivity contribution in [2.24, 2.45) is 0 Å². The van der Waals surface area contributed by atoms with Crippen LogP contribution >= 0.6 is 0 Å². The number of aryl methyl sites for hydroxylation is 1. The Kier molecular flexibility index (Phi) is 3.25. The molecule has 0 aromatic heterocycles. The zero-order valence-electron chi connectivity index (χ0n) is 9.16. The number of carbonyl (C=O) groups is 1. The SMILES string of the molecule is C=CCNC(=O)c1ccc2c(c1)CCCO2. The number of hydrogen-bond donors (Lipinski definition) is 1. The van der Waals surface area contributed by atoms with Gasteiger partial charge in [0.2, 0.25) is 0 Å². The van der Waals surface area contributed by atoms with Gasteiger partial charge in [0.25, 0.3) is 5.91 Å². The molecular weight excluding hydrogens is 202 g/mol. The van der Waals surface area contributed by atoms with Gasteiger partial charge in [-0.1, -0.05) is 6.08 Å². The number of amides is 1. The molecule has 1 aromatic rings. The fourth-order valence-electron chi connectivity index (χ4n) is 1.77. The summed E-state index contributed by atoms with van der Waals surface area (Å²) in [5.41, 5.74) is 1.81. The largest absolute Gasteiger partial charge is 0.493 e. The van der Waals surface area contributed by atoms with Crippen molar-refractivity contribution in [2.75, 3.05) is 13.2 Å². The minimum absolute atomic E-state index is 0.0618. The number of hydrogen-bond acceptors (Lipinski definition) is 2. The lowest BCUT2D eigenvalue weighted by atomic mass is 10.0. The average molecular weight is 217 g/mol. The Morgan fingerprint density at radius 3 is 3.25 bits per heavy atom. The first-order valence-electron chi connectivity index (χ1n) is 5.46. The number of rotatable bonds is 3. The van der Waals surface area contributed by atoms with Crippen LogP contribution in [0.4, 0.5) is 0 Å². The van der Waals surface area contributed by atoms with Crippen molar-refractivity contribution in [1.82, 2.24) is 5.32 Å². The molecule has 0 fully saturated rings. The predicted octanol–water partition coefficient (Wildman–Crippen LogP) is 1.93. The van der Waals surface area contributed by atoms with Gasteiger partial charge in [-0.15, -0.1) is 6.58 Å². The van der Waals surface area contributed by atoms with Crippen molar-refractivity contribution < 1.29 is 9.53 Å². The van der Waals surface area contributed by atoms with Crippen LogP contribution < -0.4 is 10.1 Å². The maximum Gasteiger partial charge on any atom is 0.251 e. The van der Waals surface area contributed by atoms with Crippen molar-refractivity contribution >= 4 is 5.91 Å². The Balaban J connectivity index is 2.16. The second-order valence-electron chi connectivity index (χ2n) is 3.77. The van der Waals surface area contributed by atoms with E-state index in [0.717, 1.165) is 30.8 Å². The topological polar surface area (TPSA) is 38.3 Å². The van der Waals surface area contributed by atoms with Crippen LogP contribution in [0.2, 0.25) is 0 Å². The molecule has 3 heteroatoms.